The molecule has 0 saturated carbocycles. The fourth-order valence-corrected chi connectivity index (χ4v) is 6.15. The maximum absolute atomic E-state index is 11.7. The lowest BCUT2D eigenvalue weighted by Gasteiger charge is -2.29. The number of carbonyl (C=O) groups is 2. The fourth-order valence-electron chi connectivity index (χ4n) is 5.47. The molecule has 0 aliphatic carbocycles. The van der Waals surface area contributed by atoms with Gasteiger partial charge in [-0.1, -0.05) is 12.1 Å². The van der Waals surface area contributed by atoms with Gasteiger partial charge < -0.3 is 14.6 Å². The van der Waals surface area contributed by atoms with Crippen molar-refractivity contribution < 1.29 is 24.2 Å². The van der Waals surface area contributed by atoms with Gasteiger partial charge in [0.25, 0.3) is 11.1 Å². The zero-order valence-corrected chi connectivity index (χ0v) is 21.9. The van der Waals surface area contributed by atoms with Crippen LogP contribution in [-0.4, -0.2) is 53.0 Å². The van der Waals surface area contributed by atoms with Crippen molar-refractivity contribution in [2.45, 2.75) is 58.6 Å². The van der Waals surface area contributed by atoms with E-state index in [4.69, 9.17) is 9.47 Å². The molecule has 190 valence electrons. The molecule has 3 heterocycles. The standard InChI is InChI=1S/C28H32N2O5S/c1-15-16(2)26-24(17(3)25(15)31)22(18(4)35-26)13-30-11-5-6-20(30)14-34-21-9-7-19(8-10-21)12-23-27(32)29-28(33)36-23/h7-10,12,18,20,22,31H,5-6,11,13-14H2,1-4H3,(H,29,32,33)/b23-12+. The van der Waals surface area contributed by atoms with Crippen molar-refractivity contribution in [1.29, 1.82) is 0 Å². The second kappa shape index (κ2) is 9.82. The van der Waals surface area contributed by atoms with Crippen molar-refractivity contribution >= 4 is 29.0 Å². The number of fused-ring (bicyclic) bond motifs is 1. The molecule has 0 aromatic heterocycles. The van der Waals surface area contributed by atoms with Crippen molar-refractivity contribution in [3.8, 4) is 17.2 Å². The Morgan fingerprint density at radius 1 is 1.17 bits per heavy atom. The van der Waals surface area contributed by atoms with Gasteiger partial charge in [-0.3, -0.25) is 19.8 Å². The predicted molar refractivity (Wildman–Crippen MR) is 141 cm³/mol. The monoisotopic (exact) mass is 508 g/mol. The highest BCUT2D eigenvalue weighted by Crippen LogP contribution is 2.48. The molecule has 3 aliphatic heterocycles. The van der Waals surface area contributed by atoms with E-state index in [2.05, 4.69) is 17.1 Å². The van der Waals surface area contributed by atoms with E-state index in [1.165, 1.54) is 0 Å². The van der Waals surface area contributed by atoms with Crippen LogP contribution < -0.4 is 14.8 Å². The van der Waals surface area contributed by atoms with Crippen molar-refractivity contribution in [3.05, 3.63) is 57.0 Å². The molecule has 2 aromatic rings. The van der Waals surface area contributed by atoms with Gasteiger partial charge in [-0.25, -0.2) is 0 Å². The molecule has 0 radical (unpaired) electrons. The van der Waals surface area contributed by atoms with Gasteiger partial charge in [0.1, 0.15) is 30.0 Å². The number of benzene rings is 2. The number of phenols is 1. The summed E-state index contributed by atoms with van der Waals surface area (Å²) in [6.07, 6.45) is 3.97. The smallest absolute Gasteiger partial charge is 0.290 e. The van der Waals surface area contributed by atoms with E-state index in [0.717, 1.165) is 77.0 Å². The minimum Gasteiger partial charge on any atom is -0.507 e. The number of likely N-dealkylation sites (tertiary alicyclic amines) is 1. The normalized spacial score (nSPS) is 24.8. The topological polar surface area (TPSA) is 88.1 Å². The molecule has 7 nitrogen and oxygen atoms in total. The predicted octanol–water partition coefficient (Wildman–Crippen LogP) is 5.05. The number of amides is 2. The van der Waals surface area contributed by atoms with Crippen LogP contribution in [0.5, 0.6) is 17.2 Å². The van der Waals surface area contributed by atoms with E-state index >= 15 is 0 Å². The van der Waals surface area contributed by atoms with Gasteiger partial charge in [0.05, 0.1) is 4.91 Å². The Bertz CT molecular complexity index is 1240. The number of rotatable bonds is 6. The summed E-state index contributed by atoms with van der Waals surface area (Å²) in [5, 5.41) is 12.6. The van der Waals surface area contributed by atoms with Crippen molar-refractivity contribution in [2.75, 3.05) is 19.7 Å². The molecule has 3 unspecified atom stereocenters. The highest BCUT2D eigenvalue weighted by Gasteiger charge is 2.39. The minimum absolute atomic E-state index is 0.0536. The third kappa shape index (κ3) is 4.60. The Labute approximate surface area is 215 Å². The first kappa shape index (κ1) is 24.7. The van der Waals surface area contributed by atoms with Crippen molar-refractivity contribution in [3.63, 3.8) is 0 Å². The zero-order valence-electron chi connectivity index (χ0n) is 21.1. The van der Waals surface area contributed by atoms with Crippen LogP contribution in [0.15, 0.2) is 29.2 Å². The highest BCUT2D eigenvalue weighted by molar-refractivity contribution is 8.18. The molecule has 3 atom stereocenters. The summed E-state index contributed by atoms with van der Waals surface area (Å²) >= 11 is 0.914. The average molecular weight is 509 g/mol. The number of aromatic hydroxyl groups is 1. The number of phenolic OH excluding ortho intramolecular Hbond substituents is 1. The van der Waals surface area contributed by atoms with E-state index in [1.54, 1.807) is 6.08 Å². The molecule has 3 aliphatic rings. The Kier molecular flexibility index (Phi) is 6.74. The lowest BCUT2D eigenvalue weighted by Crippen LogP contribution is -2.39. The van der Waals surface area contributed by atoms with Gasteiger partial charge in [0.15, 0.2) is 0 Å². The van der Waals surface area contributed by atoms with Crippen LogP contribution in [0, 0.1) is 20.8 Å². The second-order valence-electron chi connectivity index (χ2n) is 9.92. The number of ether oxygens (including phenoxy) is 2. The number of imide groups is 1. The average Bonchev–Trinajstić information content (AvgIpc) is 3.53. The number of hydrogen-bond acceptors (Lipinski definition) is 7. The third-order valence-electron chi connectivity index (χ3n) is 7.70. The van der Waals surface area contributed by atoms with E-state index in [1.807, 2.05) is 45.0 Å². The molecule has 2 amide bonds. The fraction of sp³-hybridized carbons (Fsp3) is 0.429. The number of thioether (sulfide) groups is 1. The molecule has 2 aromatic carbocycles. The lowest BCUT2D eigenvalue weighted by atomic mass is 9.88. The van der Waals surface area contributed by atoms with Gasteiger partial charge in [0.2, 0.25) is 0 Å². The SMILES string of the molecule is Cc1c(C)c2c(c(C)c1O)C(CN1CCCC1COc1ccc(/C=C3/SC(=O)NC3=O)cc1)C(C)O2. The number of nitrogens with zero attached hydrogens (tertiary/aromatic N) is 1. The Morgan fingerprint density at radius 3 is 2.61 bits per heavy atom. The minimum atomic E-state index is -0.355. The second-order valence-corrected chi connectivity index (χ2v) is 10.9. The Hall–Kier alpha value is -2.97. The Balaban J connectivity index is 1.23. The van der Waals surface area contributed by atoms with Crippen LogP contribution in [0.1, 0.15) is 53.5 Å². The molecule has 5 rings (SSSR count). The van der Waals surface area contributed by atoms with Gasteiger partial charge in [-0.15, -0.1) is 0 Å². The first-order valence-electron chi connectivity index (χ1n) is 12.4. The highest BCUT2D eigenvalue weighted by atomic mass is 32.2. The maximum atomic E-state index is 11.7. The largest absolute Gasteiger partial charge is 0.507 e. The van der Waals surface area contributed by atoms with Crippen LogP contribution in [0.25, 0.3) is 6.08 Å². The quantitative estimate of drug-likeness (QED) is 0.528. The van der Waals surface area contributed by atoms with Gasteiger partial charge >= 0.3 is 0 Å². The summed E-state index contributed by atoms with van der Waals surface area (Å²) in [4.78, 5) is 26.0. The van der Waals surface area contributed by atoms with Crippen LogP contribution in [0.2, 0.25) is 0 Å². The zero-order chi connectivity index (χ0) is 25.6. The van der Waals surface area contributed by atoms with E-state index in [9.17, 15) is 14.7 Å². The van der Waals surface area contributed by atoms with Gasteiger partial charge in [-0.05, 0) is 99.3 Å². The van der Waals surface area contributed by atoms with Crippen LogP contribution >= 0.6 is 11.8 Å². The number of carbonyl (C=O) groups excluding carboxylic acids is 2. The van der Waals surface area contributed by atoms with Crippen LogP contribution in [0.4, 0.5) is 4.79 Å². The lowest BCUT2D eigenvalue weighted by molar-refractivity contribution is -0.115. The maximum Gasteiger partial charge on any atom is 0.290 e. The van der Waals surface area contributed by atoms with Crippen LogP contribution in [0.3, 0.4) is 0 Å². The molecule has 0 spiro atoms. The summed E-state index contributed by atoms with van der Waals surface area (Å²) in [5.74, 6) is 1.95. The van der Waals surface area contributed by atoms with Crippen molar-refractivity contribution in [2.24, 2.45) is 0 Å². The molecule has 2 fully saturated rings. The van der Waals surface area contributed by atoms with Gasteiger partial charge in [0, 0.05) is 24.1 Å². The molecule has 2 N–H and O–H groups in total. The molecule has 36 heavy (non-hydrogen) atoms. The molecular formula is C28H32N2O5S. The van der Waals surface area contributed by atoms with Crippen LogP contribution in [-0.2, 0) is 4.79 Å². The summed E-state index contributed by atoms with van der Waals surface area (Å²) in [5.41, 5.74) is 4.85. The summed E-state index contributed by atoms with van der Waals surface area (Å²) in [7, 11) is 0. The molecule has 2 saturated heterocycles. The van der Waals surface area contributed by atoms with Gasteiger partial charge in [-0.2, -0.15) is 0 Å². The third-order valence-corrected chi connectivity index (χ3v) is 8.51. The van der Waals surface area contributed by atoms with E-state index in [0.29, 0.717) is 23.3 Å². The summed E-state index contributed by atoms with van der Waals surface area (Å²) in [6.45, 7) is 10.6. The van der Waals surface area contributed by atoms with E-state index in [-0.39, 0.29) is 23.2 Å². The van der Waals surface area contributed by atoms with Crippen molar-refractivity contribution in [1.82, 2.24) is 10.2 Å². The number of hydrogen-bond donors (Lipinski definition) is 2. The summed E-state index contributed by atoms with van der Waals surface area (Å²) in [6, 6.07) is 7.88. The first-order valence-corrected chi connectivity index (χ1v) is 13.3. The summed E-state index contributed by atoms with van der Waals surface area (Å²) < 4.78 is 12.4. The first-order chi connectivity index (χ1) is 17.2. The Morgan fingerprint density at radius 2 is 1.92 bits per heavy atom. The molecule has 8 heteroatoms. The molecule has 0 bridgehead atoms. The number of nitrogens with one attached hydrogen (secondary N) is 1. The molecular weight excluding hydrogens is 476 g/mol. The van der Waals surface area contributed by atoms with E-state index < -0.39 is 0 Å².